The van der Waals surface area contributed by atoms with Crippen LogP contribution in [0.5, 0.6) is 0 Å². The molecule has 3 aromatic rings. The van der Waals surface area contributed by atoms with E-state index in [-0.39, 0.29) is 29.7 Å². The molecule has 1 fully saturated rings. The highest BCUT2D eigenvalue weighted by Gasteiger charge is 2.40. The predicted octanol–water partition coefficient (Wildman–Crippen LogP) is 1.73. The number of amides is 1. The average Bonchev–Trinajstić information content (AvgIpc) is 3.38. The summed E-state index contributed by atoms with van der Waals surface area (Å²) in [5, 5.41) is 8.44. The second-order valence-corrected chi connectivity index (χ2v) is 7.71. The lowest BCUT2D eigenvalue weighted by atomic mass is 9.93. The van der Waals surface area contributed by atoms with Crippen LogP contribution in [0.2, 0.25) is 0 Å². The molecule has 1 N–H and O–H groups in total. The number of fused-ring (bicyclic) bond motifs is 5. The number of nitrogens with zero attached hydrogens (tertiary/aromatic N) is 3. The van der Waals surface area contributed by atoms with E-state index in [1.165, 1.54) is 4.68 Å². The van der Waals surface area contributed by atoms with Crippen molar-refractivity contribution in [1.29, 1.82) is 0 Å². The Kier molecular flexibility index (Phi) is 3.87. The van der Waals surface area contributed by atoms with Crippen LogP contribution in [0, 0.1) is 19.8 Å². The van der Waals surface area contributed by atoms with Gasteiger partial charge in [0.1, 0.15) is 0 Å². The Morgan fingerprint density at radius 3 is 2.89 bits per heavy atom. The minimum Gasteiger partial charge on any atom is -0.366 e. The molecular weight excluding hydrogens is 356 g/mol. The summed E-state index contributed by atoms with van der Waals surface area (Å²) in [5.74, 6) is -0.159. The number of carbonyl (C=O) groups excluding carboxylic acids is 1. The Morgan fingerprint density at radius 2 is 2.14 bits per heavy atom. The topological polar surface area (TPSA) is 77.6 Å². The van der Waals surface area contributed by atoms with E-state index < -0.39 is 0 Å². The number of aromatic nitrogens is 3. The highest BCUT2D eigenvalue weighted by Crippen LogP contribution is 2.33. The zero-order valence-electron chi connectivity index (χ0n) is 15.9. The SMILES string of the molecule is Cc1ccc2cc(C)c3nn(CCNC(=O)[C@@H]4C[C@H]5C=C[C@H]4O5)c(=O)n3c2c1. The molecule has 4 heterocycles. The number of ether oxygens (including phenoxy) is 1. The van der Waals surface area contributed by atoms with Crippen LogP contribution in [0.3, 0.4) is 0 Å². The van der Waals surface area contributed by atoms with Gasteiger partial charge in [0.15, 0.2) is 5.65 Å². The molecule has 144 valence electrons. The molecule has 0 saturated carbocycles. The number of aryl methyl sites for hydroxylation is 2. The molecule has 28 heavy (non-hydrogen) atoms. The van der Waals surface area contributed by atoms with Gasteiger partial charge in [0.25, 0.3) is 0 Å². The van der Waals surface area contributed by atoms with Crippen LogP contribution in [-0.2, 0) is 16.1 Å². The molecule has 2 aliphatic heterocycles. The molecule has 2 aromatic heterocycles. The van der Waals surface area contributed by atoms with E-state index in [0.717, 1.165) is 28.5 Å². The molecule has 1 saturated heterocycles. The summed E-state index contributed by atoms with van der Waals surface area (Å²) in [5.41, 5.74) is 3.36. The van der Waals surface area contributed by atoms with Gasteiger partial charge in [-0.1, -0.05) is 24.3 Å². The standard InChI is InChI=1S/C21H22N4O3/c1-12-3-4-14-10-13(2)19-23-24(21(27)25(19)17(14)9-12)8-7-22-20(26)16-11-15-5-6-18(16)28-15/h3-6,9-10,15-16,18H,7-8,11H2,1-2H3,(H,22,26)/t15-,16-,18-/m1/s1. The minimum absolute atomic E-state index is 0.0223. The predicted molar refractivity (Wildman–Crippen MR) is 105 cm³/mol. The molecular formula is C21H22N4O3. The van der Waals surface area contributed by atoms with Gasteiger partial charge in [-0.25, -0.2) is 13.9 Å². The first-order valence-corrected chi connectivity index (χ1v) is 9.62. The van der Waals surface area contributed by atoms with E-state index in [1.807, 2.05) is 50.3 Å². The molecule has 1 aromatic carbocycles. The van der Waals surface area contributed by atoms with Crippen LogP contribution >= 0.6 is 0 Å². The second-order valence-electron chi connectivity index (χ2n) is 7.71. The fraction of sp³-hybridized carbons (Fsp3) is 0.381. The maximum absolute atomic E-state index is 13.0. The number of carbonyl (C=O) groups is 1. The third-order valence-corrected chi connectivity index (χ3v) is 5.68. The third-order valence-electron chi connectivity index (χ3n) is 5.68. The smallest absolute Gasteiger partial charge is 0.350 e. The highest BCUT2D eigenvalue weighted by molar-refractivity contribution is 5.84. The van der Waals surface area contributed by atoms with Crippen LogP contribution in [-0.4, -0.2) is 38.8 Å². The molecule has 0 aliphatic carbocycles. The van der Waals surface area contributed by atoms with Crippen molar-refractivity contribution in [1.82, 2.24) is 19.5 Å². The van der Waals surface area contributed by atoms with Crippen molar-refractivity contribution >= 4 is 22.5 Å². The van der Waals surface area contributed by atoms with Crippen molar-refractivity contribution < 1.29 is 9.53 Å². The first kappa shape index (κ1) is 17.2. The maximum atomic E-state index is 13.0. The van der Waals surface area contributed by atoms with E-state index in [0.29, 0.717) is 18.7 Å². The number of hydrogen-bond donors (Lipinski definition) is 1. The number of nitrogens with one attached hydrogen (secondary N) is 1. The van der Waals surface area contributed by atoms with Crippen molar-refractivity contribution in [2.45, 2.75) is 39.0 Å². The zero-order valence-corrected chi connectivity index (χ0v) is 15.9. The normalized spacial score (nSPS) is 23.1. The number of rotatable bonds is 4. The number of hydrogen-bond acceptors (Lipinski definition) is 4. The summed E-state index contributed by atoms with van der Waals surface area (Å²) in [6.45, 7) is 4.65. The van der Waals surface area contributed by atoms with Crippen LogP contribution < -0.4 is 11.0 Å². The van der Waals surface area contributed by atoms with Crippen molar-refractivity contribution in [2.75, 3.05) is 6.54 Å². The van der Waals surface area contributed by atoms with Gasteiger partial charge in [-0.15, -0.1) is 5.10 Å². The first-order chi connectivity index (χ1) is 13.5. The van der Waals surface area contributed by atoms with Gasteiger partial charge in [-0.05, 0) is 48.9 Å². The van der Waals surface area contributed by atoms with Crippen molar-refractivity contribution in [3.8, 4) is 0 Å². The van der Waals surface area contributed by atoms with Crippen LogP contribution in [0.1, 0.15) is 17.5 Å². The second kappa shape index (κ2) is 6.31. The first-order valence-electron chi connectivity index (χ1n) is 9.62. The van der Waals surface area contributed by atoms with E-state index in [9.17, 15) is 9.59 Å². The number of benzene rings is 1. The van der Waals surface area contributed by atoms with E-state index in [4.69, 9.17) is 4.74 Å². The summed E-state index contributed by atoms with van der Waals surface area (Å²) >= 11 is 0. The molecule has 0 unspecified atom stereocenters. The van der Waals surface area contributed by atoms with Gasteiger partial charge in [0, 0.05) is 6.54 Å². The zero-order chi connectivity index (χ0) is 19.4. The molecule has 3 atom stereocenters. The summed E-state index contributed by atoms with van der Waals surface area (Å²) in [4.78, 5) is 25.4. The summed E-state index contributed by atoms with van der Waals surface area (Å²) in [6.07, 6.45) is 4.66. The summed E-state index contributed by atoms with van der Waals surface area (Å²) < 4.78 is 8.74. The van der Waals surface area contributed by atoms with Crippen LogP contribution in [0.15, 0.2) is 41.2 Å². The van der Waals surface area contributed by atoms with Gasteiger partial charge in [-0.2, -0.15) is 0 Å². The van der Waals surface area contributed by atoms with Gasteiger partial charge in [0.2, 0.25) is 5.91 Å². The van der Waals surface area contributed by atoms with E-state index >= 15 is 0 Å². The molecule has 2 aliphatic rings. The van der Waals surface area contributed by atoms with E-state index in [2.05, 4.69) is 10.4 Å². The molecule has 0 radical (unpaired) electrons. The van der Waals surface area contributed by atoms with Crippen LogP contribution in [0.4, 0.5) is 0 Å². The molecule has 1 amide bonds. The van der Waals surface area contributed by atoms with E-state index in [1.54, 1.807) is 4.40 Å². The lowest BCUT2D eigenvalue weighted by Crippen LogP contribution is -2.37. The monoisotopic (exact) mass is 378 g/mol. The Hall–Kier alpha value is -2.93. The fourth-order valence-electron chi connectivity index (χ4n) is 4.24. The van der Waals surface area contributed by atoms with Gasteiger partial charge in [0.05, 0.1) is 30.2 Å². The summed E-state index contributed by atoms with van der Waals surface area (Å²) in [7, 11) is 0. The minimum atomic E-state index is -0.185. The van der Waals surface area contributed by atoms with Gasteiger partial charge < -0.3 is 10.1 Å². The summed E-state index contributed by atoms with van der Waals surface area (Å²) in [6, 6.07) is 8.10. The maximum Gasteiger partial charge on any atom is 0.350 e. The third kappa shape index (κ3) is 2.65. The fourth-order valence-corrected chi connectivity index (χ4v) is 4.24. The van der Waals surface area contributed by atoms with Crippen LogP contribution in [0.25, 0.3) is 16.6 Å². The Bertz CT molecular complexity index is 1190. The van der Waals surface area contributed by atoms with Crippen molar-refractivity contribution in [2.24, 2.45) is 5.92 Å². The lowest BCUT2D eigenvalue weighted by molar-refractivity contribution is -0.125. The molecule has 0 spiro atoms. The Labute approximate surface area is 161 Å². The Morgan fingerprint density at radius 1 is 1.29 bits per heavy atom. The van der Waals surface area contributed by atoms with Gasteiger partial charge >= 0.3 is 5.69 Å². The van der Waals surface area contributed by atoms with Crippen molar-refractivity contribution in [3.63, 3.8) is 0 Å². The van der Waals surface area contributed by atoms with Gasteiger partial charge in [-0.3, -0.25) is 4.79 Å². The highest BCUT2D eigenvalue weighted by atomic mass is 16.5. The van der Waals surface area contributed by atoms with Crippen molar-refractivity contribution in [3.05, 3.63) is 58.0 Å². The molecule has 5 rings (SSSR count). The Balaban J connectivity index is 1.38. The quantitative estimate of drug-likeness (QED) is 0.702. The molecule has 7 heteroatoms. The number of pyridine rings is 1. The average molecular weight is 378 g/mol. The largest absolute Gasteiger partial charge is 0.366 e. The molecule has 2 bridgehead atoms. The lowest BCUT2D eigenvalue weighted by Gasteiger charge is -2.14. The molecule has 7 nitrogen and oxygen atoms in total.